The third-order valence-electron chi connectivity index (χ3n) is 2.57. The van der Waals surface area contributed by atoms with Crippen LogP contribution in [-0.4, -0.2) is 25.1 Å². The predicted octanol–water partition coefficient (Wildman–Crippen LogP) is 0.0671. The normalized spacial score (nSPS) is 10.9. The van der Waals surface area contributed by atoms with Gasteiger partial charge in [0.25, 0.3) is 0 Å². The van der Waals surface area contributed by atoms with Crippen LogP contribution in [0.5, 0.6) is 0 Å². The minimum Gasteiger partial charge on any atom is -1.00 e. The van der Waals surface area contributed by atoms with Crippen molar-refractivity contribution < 1.29 is 28.5 Å². The van der Waals surface area contributed by atoms with E-state index >= 15 is 0 Å². The Balaban J connectivity index is 0.00000196. The van der Waals surface area contributed by atoms with Crippen molar-refractivity contribution >= 4 is 0 Å². The van der Waals surface area contributed by atoms with Gasteiger partial charge in [-0.2, -0.15) is 0 Å². The van der Waals surface area contributed by atoms with Gasteiger partial charge in [-0.1, -0.05) is 43.7 Å². The van der Waals surface area contributed by atoms with Crippen LogP contribution in [0.3, 0.4) is 0 Å². The molecule has 0 N–H and O–H groups in total. The molecule has 1 rings (SSSR count). The van der Waals surface area contributed by atoms with E-state index in [-0.39, 0.29) is 24.0 Å². The molecule has 15 heavy (non-hydrogen) atoms. The van der Waals surface area contributed by atoms with Crippen LogP contribution in [-0.2, 0) is 6.54 Å². The lowest BCUT2D eigenvalue weighted by Crippen LogP contribution is -3.00. The molecule has 0 atom stereocenters. The second-order valence-electron chi connectivity index (χ2n) is 4.66. The van der Waals surface area contributed by atoms with E-state index in [0.29, 0.717) is 0 Å². The number of unbranched alkanes of at least 4 members (excludes halogenated alkanes) is 1. The Morgan fingerprint density at radius 2 is 1.67 bits per heavy atom. The van der Waals surface area contributed by atoms with E-state index in [9.17, 15) is 0 Å². The van der Waals surface area contributed by atoms with Crippen LogP contribution >= 0.6 is 0 Å². The first-order chi connectivity index (χ1) is 6.64. The molecule has 0 saturated heterocycles. The summed E-state index contributed by atoms with van der Waals surface area (Å²) >= 11 is 0. The highest BCUT2D eigenvalue weighted by atomic mass is 127. The smallest absolute Gasteiger partial charge is 0.104 e. The van der Waals surface area contributed by atoms with Crippen molar-refractivity contribution in [2.75, 3.05) is 20.6 Å². The number of rotatable bonds is 5. The van der Waals surface area contributed by atoms with E-state index in [1.807, 2.05) is 0 Å². The van der Waals surface area contributed by atoms with Crippen molar-refractivity contribution in [1.29, 1.82) is 0 Å². The lowest BCUT2D eigenvalue weighted by atomic mass is 10.2. The standard InChI is InChI=1S/C13H22N.HI/c1-4-5-11-14(2,3)12-13-9-7-6-8-10-13;/h6-10H,4-5,11-12H2,1-3H3;1H/q+1;/p-1. The lowest BCUT2D eigenvalue weighted by Gasteiger charge is -2.29. The summed E-state index contributed by atoms with van der Waals surface area (Å²) in [5.74, 6) is 0. The first-order valence-electron chi connectivity index (χ1n) is 5.50. The Bertz CT molecular complexity index is 256. The highest BCUT2D eigenvalue weighted by Crippen LogP contribution is 2.10. The molecular weight excluding hydrogens is 297 g/mol. The molecule has 0 aliphatic rings. The molecule has 0 aliphatic carbocycles. The Labute approximate surface area is 111 Å². The molecule has 0 fully saturated rings. The van der Waals surface area contributed by atoms with E-state index in [2.05, 4.69) is 51.4 Å². The van der Waals surface area contributed by atoms with Gasteiger partial charge in [-0.25, -0.2) is 0 Å². The van der Waals surface area contributed by atoms with Crippen molar-refractivity contribution in [3.63, 3.8) is 0 Å². The highest BCUT2D eigenvalue weighted by molar-refractivity contribution is 5.13. The predicted molar refractivity (Wildman–Crippen MR) is 62.0 cm³/mol. The van der Waals surface area contributed by atoms with Crippen molar-refractivity contribution in [2.45, 2.75) is 26.3 Å². The van der Waals surface area contributed by atoms with E-state index in [0.717, 1.165) is 11.0 Å². The summed E-state index contributed by atoms with van der Waals surface area (Å²) in [4.78, 5) is 0. The van der Waals surface area contributed by atoms with Crippen LogP contribution in [0.4, 0.5) is 0 Å². The van der Waals surface area contributed by atoms with Gasteiger partial charge in [0.15, 0.2) is 0 Å². The Morgan fingerprint density at radius 3 is 2.20 bits per heavy atom. The second kappa shape index (κ2) is 7.23. The summed E-state index contributed by atoms with van der Waals surface area (Å²) in [7, 11) is 4.62. The fourth-order valence-corrected chi connectivity index (χ4v) is 1.74. The van der Waals surface area contributed by atoms with E-state index < -0.39 is 0 Å². The van der Waals surface area contributed by atoms with Gasteiger partial charge in [-0.3, -0.25) is 0 Å². The molecule has 0 aromatic heterocycles. The van der Waals surface area contributed by atoms with E-state index in [4.69, 9.17) is 0 Å². The molecule has 0 spiro atoms. The van der Waals surface area contributed by atoms with Crippen LogP contribution in [0, 0.1) is 0 Å². The molecule has 0 heterocycles. The van der Waals surface area contributed by atoms with Crippen LogP contribution in [0.15, 0.2) is 30.3 Å². The highest BCUT2D eigenvalue weighted by Gasteiger charge is 2.14. The van der Waals surface area contributed by atoms with Gasteiger partial charge in [-0.15, -0.1) is 0 Å². The number of benzene rings is 1. The molecule has 0 saturated carbocycles. The maximum Gasteiger partial charge on any atom is 0.104 e. The fourth-order valence-electron chi connectivity index (χ4n) is 1.74. The summed E-state index contributed by atoms with van der Waals surface area (Å²) in [6, 6.07) is 10.7. The third-order valence-corrected chi connectivity index (χ3v) is 2.57. The largest absolute Gasteiger partial charge is 1.00 e. The molecule has 1 aromatic rings. The van der Waals surface area contributed by atoms with Gasteiger partial charge in [0, 0.05) is 5.56 Å². The Morgan fingerprint density at radius 1 is 1.07 bits per heavy atom. The third kappa shape index (κ3) is 6.15. The van der Waals surface area contributed by atoms with Crippen LogP contribution in [0.1, 0.15) is 25.3 Å². The van der Waals surface area contributed by atoms with Crippen LogP contribution in [0.2, 0.25) is 0 Å². The zero-order valence-electron chi connectivity index (χ0n) is 10.0. The zero-order chi connectivity index (χ0) is 10.4. The van der Waals surface area contributed by atoms with Gasteiger partial charge in [0.1, 0.15) is 6.54 Å². The summed E-state index contributed by atoms with van der Waals surface area (Å²) in [6.45, 7) is 4.66. The number of nitrogens with zero attached hydrogens (tertiary/aromatic N) is 1. The van der Waals surface area contributed by atoms with Crippen molar-refractivity contribution in [1.82, 2.24) is 0 Å². The topological polar surface area (TPSA) is 0 Å². The Hall–Kier alpha value is -0.0900. The van der Waals surface area contributed by atoms with Gasteiger partial charge in [0.2, 0.25) is 0 Å². The molecule has 1 nitrogen and oxygen atoms in total. The van der Waals surface area contributed by atoms with E-state index in [1.54, 1.807) is 0 Å². The number of quaternary nitrogens is 1. The molecule has 0 aliphatic heterocycles. The molecule has 2 heteroatoms. The second-order valence-corrected chi connectivity index (χ2v) is 4.66. The van der Waals surface area contributed by atoms with Gasteiger partial charge in [-0.05, 0) is 6.42 Å². The quantitative estimate of drug-likeness (QED) is 0.532. The summed E-state index contributed by atoms with van der Waals surface area (Å²) in [5.41, 5.74) is 1.44. The fraction of sp³-hybridized carbons (Fsp3) is 0.538. The Kier molecular flexibility index (Phi) is 7.18. The number of hydrogen-bond acceptors (Lipinski definition) is 0. The summed E-state index contributed by atoms with van der Waals surface area (Å²) in [6.07, 6.45) is 2.61. The monoisotopic (exact) mass is 319 g/mol. The molecule has 0 amide bonds. The molecular formula is C13H22IN. The molecule has 86 valence electrons. The van der Waals surface area contributed by atoms with Gasteiger partial charge >= 0.3 is 0 Å². The first-order valence-corrected chi connectivity index (χ1v) is 5.50. The molecule has 0 unspecified atom stereocenters. The average molecular weight is 319 g/mol. The number of halogens is 1. The average Bonchev–Trinajstić information content (AvgIpc) is 2.16. The lowest BCUT2D eigenvalue weighted by molar-refractivity contribution is -0.903. The minimum absolute atomic E-state index is 0. The van der Waals surface area contributed by atoms with Crippen molar-refractivity contribution in [3.8, 4) is 0 Å². The number of hydrogen-bond donors (Lipinski definition) is 0. The van der Waals surface area contributed by atoms with Gasteiger partial charge in [0.05, 0.1) is 20.6 Å². The maximum absolute atomic E-state index is 2.31. The van der Waals surface area contributed by atoms with Crippen molar-refractivity contribution in [2.24, 2.45) is 0 Å². The van der Waals surface area contributed by atoms with E-state index in [1.165, 1.54) is 24.9 Å². The van der Waals surface area contributed by atoms with Gasteiger partial charge < -0.3 is 28.5 Å². The summed E-state index contributed by atoms with van der Waals surface area (Å²) < 4.78 is 1.10. The molecule has 0 radical (unpaired) electrons. The zero-order valence-corrected chi connectivity index (χ0v) is 12.2. The van der Waals surface area contributed by atoms with Crippen LogP contribution < -0.4 is 24.0 Å². The molecule has 0 bridgehead atoms. The summed E-state index contributed by atoms with van der Waals surface area (Å²) in [5, 5.41) is 0. The molecule has 1 aromatic carbocycles. The minimum atomic E-state index is 0. The SMILES string of the molecule is CCCC[N+](C)(C)Cc1ccccc1.[I-]. The van der Waals surface area contributed by atoms with Crippen molar-refractivity contribution in [3.05, 3.63) is 35.9 Å². The maximum atomic E-state index is 2.31. The first kappa shape index (κ1) is 14.9. The van der Waals surface area contributed by atoms with Crippen LogP contribution in [0.25, 0.3) is 0 Å².